The lowest BCUT2D eigenvalue weighted by Crippen LogP contribution is -2.41. The molecule has 1 aliphatic rings. The summed E-state index contributed by atoms with van der Waals surface area (Å²) < 4.78 is 17.6. The van der Waals surface area contributed by atoms with E-state index < -0.39 is 30.4 Å². The molecule has 0 radical (unpaired) electrons. The quantitative estimate of drug-likeness (QED) is 0.430. The molecule has 0 spiro atoms. The first kappa shape index (κ1) is 24.3. The number of hydrogen-bond acceptors (Lipinski definition) is 6. The highest BCUT2D eigenvalue weighted by Gasteiger charge is 2.52. The van der Waals surface area contributed by atoms with Gasteiger partial charge in [0.1, 0.15) is 6.61 Å². The van der Waals surface area contributed by atoms with Gasteiger partial charge in [0.15, 0.2) is 0 Å². The van der Waals surface area contributed by atoms with Crippen LogP contribution in [0.4, 0.5) is 10.5 Å². The Kier molecular flexibility index (Phi) is 7.14. The number of carbonyl (C=O) groups excluding carboxylic acids is 1. The van der Waals surface area contributed by atoms with Crippen molar-refractivity contribution in [2.75, 3.05) is 12.3 Å². The second-order valence-corrected chi connectivity index (χ2v) is 8.92. The van der Waals surface area contributed by atoms with Gasteiger partial charge in [-0.05, 0) is 62.5 Å². The smallest absolute Gasteiger partial charge is 0.478 e. The Hall–Kier alpha value is -3.30. The first-order valence-corrected chi connectivity index (χ1v) is 10.6. The molecule has 9 heteroatoms. The minimum absolute atomic E-state index is 0.0600. The summed E-state index contributed by atoms with van der Waals surface area (Å²) in [5, 5.41) is 12.1. The van der Waals surface area contributed by atoms with Gasteiger partial charge in [-0.1, -0.05) is 36.4 Å². The second-order valence-electron chi connectivity index (χ2n) is 8.92. The topological polar surface area (TPSA) is 120 Å². The number of nitrogens with two attached hydrogens (primary N) is 1. The average Bonchev–Trinajstić information content (AvgIpc) is 2.96. The normalized spacial score (nSPS) is 17.0. The molecule has 3 rings (SSSR count). The number of benzene rings is 2. The molecule has 8 nitrogen and oxygen atoms in total. The highest BCUT2D eigenvalue weighted by Crippen LogP contribution is 2.38. The largest absolute Gasteiger partial charge is 0.492 e. The molecule has 0 atom stereocenters. The van der Waals surface area contributed by atoms with E-state index in [-0.39, 0.29) is 18.7 Å². The van der Waals surface area contributed by atoms with Crippen LogP contribution in [0.1, 0.15) is 49.2 Å². The number of carboxylic acids is 1. The van der Waals surface area contributed by atoms with E-state index in [9.17, 15) is 14.7 Å². The molecule has 4 N–H and O–H groups in total. The van der Waals surface area contributed by atoms with Crippen molar-refractivity contribution >= 4 is 30.9 Å². The predicted octanol–water partition coefficient (Wildman–Crippen LogP) is 3.91. The van der Waals surface area contributed by atoms with Crippen molar-refractivity contribution in [2.24, 2.45) is 0 Å². The van der Waals surface area contributed by atoms with Crippen LogP contribution in [0.5, 0.6) is 0 Å². The van der Waals surface area contributed by atoms with Gasteiger partial charge in [0, 0.05) is 12.2 Å². The van der Waals surface area contributed by atoms with Crippen LogP contribution in [0, 0.1) is 0 Å². The molecule has 1 amide bonds. The van der Waals surface area contributed by atoms with Crippen LogP contribution in [-0.4, -0.2) is 42.0 Å². The first-order valence-electron chi connectivity index (χ1n) is 10.6. The van der Waals surface area contributed by atoms with Crippen LogP contribution in [0.3, 0.4) is 0 Å². The zero-order chi connectivity index (χ0) is 24.2. The number of hydrogen-bond donors (Lipinski definition) is 3. The molecule has 0 aliphatic carbocycles. The molecule has 174 valence electrons. The molecule has 0 saturated carbocycles. The van der Waals surface area contributed by atoms with Gasteiger partial charge in [0.05, 0.1) is 16.8 Å². The fourth-order valence-electron chi connectivity index (χ4n) is 3.24. The standard InChI is InChI=1S/C24H29BN2O6/c1-23(2)24(3,4)33-25(32-23)19(11-17-10-18(21(28)29)13-20(26)12-17)14-27-22(30)31-15-16-8-6-5-7-9-16/h5-13H,14-15,26H2,1-4H3,(H,27,30)(H,28,29). The summed E-state index contributed by atoms with van der Waals surface area (Å²) in [6, 6.07) is 13.9. The molecule has 1 saturated heterocycles. The van der Waals surface area contributed by atoms with Gasteiger partial charge in [0.2, 0.25) is 0 Å². The van der Waals surface area contributed by atoms with E-state index in [2.05, 4.69) is 5.32 Å². The number of ether oxygens (including phenoxy) is 1. The Labute approximate surface area is 193 Å². The lowest BCUT2D eigenvalue weighted by Gasteiger charge is -2.32. The lowest BCUT2D eigenvalue weighted by atomic mass is 9.77. The van der Waals surface area contributed by atoms with E-state index in [1.807, 2.05) is 58.0 Å². The Morgan fingerprint density at radius 3 is 2.33 bits per heavy atom. The fraction of sp³-hybridized carbons (Fsp3) is 0.333. The Balaban J connectivity index is 1.80. The SMILES string of the molecule is CC1(C)OB(C(=Cc2cc(N)cc(C(=O)O)c2)CNC(=O)OCc2ccccc2)OC1(C)C. The summed E-state index contributed by atoms with van der Waals surface area (Å²) in [5.74, 6) is -1.09. The first-order chi connectivity index (χ1) is 15.5. The second kappa shape index (κ2) is 9.68. The third kappa shape index (κ3) is 6.15. The number of amides is 1. The predicted molar refractivity (Wildman–Crippen MR) is 127 cm³/mol. The minimum atomic E-state index is -1.09. The summed E-state index contributed by atoms with van der Waals surface area (Å²) in [7, 11) is -0.751. The highest BCUT2D eigenvalue weighted by molar-refractivity contribution is 6.56. The Morgan fingerprint density at radius 1 is 1.09 bits per heavy atom. The number of nitrogens with one attached hydrogen (secondary N) is 1. The number of aromatic carboxylic acids is 1. The molecule has 1 heterocycles. The van der Waals surface area contributed by atoms with E-state index in [0.717, 1.165) is 5.56 Å². The molecule has 0 unspecified atom stereocenters. The number of carboxylic acid groups (broad SMARTS) is 1. The molecular weight excluding hydrogens is 423 g/mol. The van der Waals surface area contributed by atoms with Crippen LogP contribution in [0.25, 0.3) is 6.08 Å². The number of carbonyl (C=O) groups is 2. The zero-order valence-electron chi connectivity index (χ0n) is 19.3. The Bertz CT molecular complexity index is 1040. The van der Waals surface area contributed by atoms with Crippen molar-refractivity contribution < 1.29 is 28.7 Å². The highest BCUT2D eigenvalue weighted by atomic mass is 16.7. The number of nitrogen functional groups attached to an aromatic ring is 1. The molecule has 33 heavy (non-hydrogen) atoms. The van der Waals surface area contributed by atoms with Crippen LogP contribution < -0.4 is 11.1 Å². The van der Waals surface area contributed by atoms with E-state index in [4.69, 9.17) is 19.8 Å². The summed E-state index contributed by atoms with van der Waals surface area (Å²) in [6.45, 7) is 7.91. The van der Waals surface area contributed by atoms with Gasteiger partial charge in [-0.25, -0.2) is 9.59 Å². The van der Waals surface area contributed by atoms with Gasteiger partial charge in [-0.15, -0.1) is 0 Å². The summed E-state index contributed by atoms with van der Waals surface area (Å²) in [5.41, 5.74) is 7.09. The molecule has 2 aromatic rings. The maximum absolute atomic E-state index is 12.3. The van der Waals surface area contributed by atoms with Crippen molar-refractivity contribution in [3.63, 3.8) is 0 Å². The van der Waals surface area contributed by atoms with Crippen LogP contribution in [0.2, 0.25) is 0 Å². The fourth-order valence-corrected chi connectivity index (χ4v) is 3.24. The van der Waals surface area contributed by atoms with E-state index >= 15 is 0 Å². The van der Waals surface area contributed by atoms with Crippen molar-refractivity contribution in [1.29, 1.82) is 0 Å². The monoisotopic (exact) mass is 452 g/mol. The third-order valence-corrected chi connectivity index (χ3v) is 5.78. The van der Waals surface area contributed by atoms with Crippen molar-refractivity contribution in [1.82, 2.24) is 5.32 Å². The maximum atomic E-state index is 12.3. The van der Waals surface area contributed by atoms with Gasteiger partial charge >= 0.3 is 19.2 Å². The maximum Gasteiger partial charge on any atom is 0.492 e. The zero-order valence-corrected chi connectivity index (χ0v) is 19.3. The molecule has 0 aromatic heterocycles. The van der Waals surface area contributed by atoms with Gasteiger partial charge in [-0.2, -0.15) is 0 Å². The van der Waals surface area contributed by atoms with E-state index in [1.54, 1.807) is 12.1 Å². The van der Waals surface area contributed by atoms with Crippen LogP contribution >= 0.6 is 0 Å². The van der Waals surface area contributed by atoms with E-state index in [0.29, 0.717) is 16.7 Å². The molecular formula is C24H29BN2O6. The van der Waals surface area contributed by atoms with Crippen molar-refractivity contribution in [2.45, 2.75) is 45.5 Å². The van der Waals surface area contributed by atoms with Crippen molar-refractivity contribution in [3.8, 4) is 0 Å². The average molecular weight is 452 g/mol. The van der Waals surface area contributed by atoms with Gasteiger partial charge < -0.3 is 30.2 Å². The van der Waals surface area contributed by atoms with Crippen LogP contribution in [-0.2, 0) is 20.7 Å². The number of anilines is 1. The van der Waals surface area contributed by atoms with Crippen molar-refractivity contribution in [3.05, 3.63) is 70.7 Å². The van der Waals surface area contributed by atoms with Gasteiger partial charge in [-0.3, -0.25) is 0 Å². The minimum Gasteiger partial charge on any atom is -0.478 e. The summed E-state index contributed by atoms with van der Waals surface area (Å²) in [6.07, 6.45) is 1.11. The third-order valence-electron chi connectivity index (χ3n) is 5.78. The molecule has 0 bridgehead atoms. The van der Waals surface area contributed by atoms with E-state index in [1.165, 1.54) is 12.1 Å². The summed E-state index contributed by atoms with van der Waals surface area (Å²) in [4.78, 5) is 23.7. The number of alkyl carbamates (subject to hydrolysis) is 1. The lowest BCUT2D eigenvalue weighted by molar-refractivity contribution is 0.00578. The van der Waals surface area contributed by atoms with Gasteiger partial charge in [0.25, 0.3) is 0 Å². The molecule has 1 fully saturated rings. The summed E-state index contributed by atoms with van der Waals surface area (Å²) >= 11 is 0. The Morgan fingerprint density at radius 2 is 1.73 bits per heavy atom. The molecule has 1 aliphatic heterocycles. The molecule has 2 aromatic carbocycles. The van der Waals surface area contributed by atoms with Crippen LogP contribution in [0.15, 0.2) is 54.0 Å². The number of rotatable bonds is 7.